The second-order valence-corrected chi connectivity index (χ2v) is 11.8. The molecule has 1 N–H and O–H groups in total. The summed E-state index contributed by atoms with van der Waals surface area (Å²) < 4.78 is 7.76. The Hall–Kier alpha value is -3.83. The Balaban J connectivity index is 1.26. The lowest BCUT2D eigenvalue weighted by Gasteiger charge is -2.42. The molecule has 2 heterocycles. The third-order valence-electron chi connectivity index (χ3n) is 7.77. The number of carbonyl (C=O) groups is 2. The minimum atomic E-state index is -0.466. The standard InChI is InChI=1S/C34H35IN4O4/c1-2-21-38-27(20-22-43-33(41)26-12-7-4-8-13-26)14-9-15-30(38)24-16-18-28(19-17-24)39-23-29(35)31(37-34(39)42)36-32(40)25-10-5-3-6-11-25/h3-8,10-13,16-19,23,27,30H,2,9,14-15,20-22H2,1H3,(H,36,37,40,42)/t27-,30-/m0/s1. The number of anilines is 1. The van der Waals surface area contributed by atoms with Gasteiger partial charge in [0.25, 0.3) is 5.91 Å². The van der Waals surface area contributed by atoms with Crippen molar-refractivity contribution in [2.45, 2.75) is 51.1 Å². The highest BCUT2D eigenvalue weighted by Gasteiger charge is 2.31. The highest BCUT2D eigenvalue weighted by Crippen LogP contribution is 2.36. The summed E-state index contributed by atoms with van der Waals surface area (Å²) in [6.07, 6.45) is 6.74. The van der Waals surface area contributed by atoms with Gasteiger partial charge in [-0.2, -0.15) is 4.98 Å². The van der Waals surface area contributed by atoms with E-state index in [1.165, 1.54) is 10.1 Å². The highest BCUT2D eigenvalue weighted by molar-refractivity contribution is 14.1. The quantitative estimate of drug-likeness (QED) is 0.148. The van der Waals surface area contributed by atoms with Crippen molar-refractivity contribution in [1.82, 2.24) is 14.5 Å². The Kier molecular flexibility index (Phi) is 10.4. The topological polar surface area (TPSA) is 93.5 Å². The fourth-order valence-corrected chi connectivity index (χ4v) is 6.21. The number of likely N-dealkylation sites (tertiary alicyclic amines) is 1. The molecule has 1 aliphatic rings. The lowest BCUT2D eigenvalue weighted by Crippen LogP contribution is -2.43. The highest BCUT2D eigenvalue weighted by atomic mass is 127. The molecule has 0 aliphatic carbocycles. The van der Waals surface area contributed by atoms with E-state index in [0.717, 1.165) is 38.6 Å². The second-order valence-electron chi connectivity index (χ2n) is 10.6. The summed E-state index contributed by atoms with van der Waals surface area (Å²) in [4.78, 5) is 44.7. The maximum atomic E-state index is 13.0. The minimum absolute atomic E-state index is 0.241. The summed E-state index contributed by atoms with van der Waals surface area (Å²) in [6.45, 7) is 3.54. The Morgan fingerprint density at radius 1 is 0.953 bits per heavy atom. The Bertz CT molecular complexity index is 1590. The molecule has 4 aromatic rings. The second kappa shape index (κ2) is 14.6. The van der Waals surface area contributed by atoms with Gasteiger partial charge in [-0.05, 0) is 103 Å². The Labute approximate surface area is 265 Å². The summed E-state index contributed by atoms with van der Waals surface area (Å²) in [5.74, 6) is -0.355. The van der Waals surface area contributed by atoms with Gasteiger partial charge in [0.1, 0.15) is 0 Å². The van der Waals surface area contributed by atoms with Crippen LogP contribution < -0.4 is 11.0 Å². The van der Waals surface area contributed by atoms with Crippen LogP contribution in [0.25, 0.3) is 5.69 Å². The molecule has 3 aromatic carbocycles. The van der Waals surface area contributed by atoms with Crippen molar-refractivity contribution in [3.63, 3.8) is 0 Å². The summed E-state index contributed by atoms with van der Waals surface area (Å²) in [5, 5.41) is 2.74. The van der Waals surface area contributed by atoms with E-state index < -0.39 is 5.69 Å². The van der Waals surface area contributed by atoms with E-state index in [-0.39, 0.29) is 23.7 Å². The van der Waals surface area contributed by atoms with Crippen molar-refractivity contribution in [1.29, 1.82) is 0 Å². The maximum Gasteiger partial charge on any atom is 0.354 e. The molecule has 0 unspecified atom stereocenters. The number of carbonyl (C=O) groups excluding carboxylic acids is 2. The maximum absolute atomic E-state index is 13.0. The number of nitrogens with zero attached hydrogens (tertiary/aromatic N) is 3. The number of esters is 1. The lowest BCUT2D eigenvalue weighted by atomic mass is 9.89. The molecule has 1 amide bonds. The number of ether oxygens (including phenoxy) is 1. The molecule has 2 atom stereocenters. The van der Waals surface area contributed by atoms with Gasteiger partial charge in [0.05, 0.1) is 21.4 Å². The molecule has 5 rings (SSSR count). The third kappa shape index (κ3) is 7.58. The first-order chi connectivity index (χ1) is 20.9. The SMILES string of the molecule is CCCN1[C@H](CCOC(=O)c2ccccc2)CCC[C@H]1c1ccc(-n2cc(I)c(NC(=O)c3ccccc3)nc2=O)cc1. The Morgan fingerprint density at radius 3 is 2.30 bits per heavy atom. The van der Waals surface area contributed by atoms with Gasteiger partial charge in [0, 0.05) is 23.8 Å². The van der Waals surface area contributed by atoms with Gasteiger partial charge >= 0.3 is 11.7 Å². The smallest absolute Gasteiger partial charge is 0.354 e. The molecule has 0 bridgehead atoms. The molecule has 8 nitrogen and oxygen atoms in total. The molecule has 0 radical (unpaired) electrons. The van der Waals surface area contributed by atoms with Crippen LogP contribution in [0.1, 0.15) is 71.3 Å². The number of piperidine rings is 1. The largest absolute Gasteiger partial charge is 0.462 e. The van der Waals surface area contributed by atoms with E-state index in [9.17, 15) is 14.4 Å². The number of benzene rings is 3. The van der Waals surface area contributed by atoms with Gasteiger partial charge in [0.15, 0.2) is 5.82 Å². The van der Waals surface area contributed by atoms with Gasteiger partial charge in [-0.25, -0.2) is 9.59 Å². The summed E-state index contributed by atoms with van der Waals surface area (Å²) in [6, 6.07) is 26.6. The molecule has 1 aliphatic heterocycles. The van der Waals surface area contributed by atoms with Crippen LogP contribution in [0.15, 0.2) is 95.9 Å². The number of rotatable bonds is 10. The van der Waals surface area contributed by atoms with Crippen molar-refractivity contribution in [2.75, 3.05) is 18.5 Å². The molecule has 0 saturated carbocycles. The van der Waals surface area contributed by atoms with Gasteiger partial charge in [-0.15, -0.1) is 0 Å². The van der Waals surface area contributed by atoms with E-state index in [1.54, 1.807) is 42.6 Å². The molecular formula is C34H35IN4O4. The average Bonchev–Trinajstić information content (AvgIpc) is 3.04. The zero-order chi connectivity index (χ0) is 30.2. The number of hydrogen-bond donors (Lipinski definition) is 1. The molecule has 0 spiro atoms. The summed E-state index contributed by atoms with van der Waals surface area (Å²) in [5.41, 5.74) is 2.51. The third-order valence-corrected chi connectivity index (χ3v) is 8.56. The molecular weight excluding hydrogens is 655 g/mol. The summed E-state index contributed by atoms with van der Waals surface area (Å²) >= 11 is 2.08. The fourth-order valence-electron chi connectivity index (χ4n) is 5.67. The first-order valence-electron chi connectivity index (χ1n) is 14.7. The molecule has 1 saturated heterocycles. The van der Waals surface area contributed by atoms with Crippen LogP contribution in [-0.2, 0) is 4.74 Å². The van der Waals surface area contributed by atoms with E-state index >= 15 is 0 Å². The fraction of sp³-hybridized carbons (Fsp3) is 0.294. The number of hydrogen-bond acceptors (Lipinski definition) is 6. The van der Waals surface area contributed by atoms with Crippen molar-refractivity contribution in [3.05, 3.63) is 122 Å². The molecule has 1 fully saturated rings. The molecule has 9 heteroatoms. The van der Waals surface area contributed by atoms with E-state index in [1.807, 2.05) is 36.4 Å². The van der Waals surface area contributed by atoms with Gasteiger partial charge < -0.3 is 10.1 Å². The first kappa shape index (κ1) is 30.6. The Morgan fingerprint density at radius 2 is 1.63 bits per heavy atom. The van der Waals surface area contributed by atoms with Crippen molar-refractivity contribution >= 4 is 40.3 Å². The predicted octanol–water partition coefficient (Wildman–Crippen LogP) is 6.64. The van der Waals surface area contributed by atoms with Crippen molar-refractivity contribution in [3.8, 4) is 5.69 Å². The minimum Gasteiger partial charge on any atom is -0.462 e. The van der Waals surface area contributed by atoms with Crippen molar-refractivity contribution in [2.24, 2.45) is 0 Å². The van der Waals surface area contributed by atoms with Gasteiger partial charge in [0.2, 0.25) is 0 Å². The van der Waals surface area contributed by atoms with Crippen LogP contribution in [0.3, 0.4) is 0 Å². The molecule has 1 aromatic heterocycles. The van der Waals surface area contributed by atoms with Crippen LogP contribution >= 0.6 is 22.6 Å². The van der Waals surface area contributed by atoms with Crippen molar-refractivity contribution < 1.29 is 14.3 Å². The normalized spacial score (nSPS) is 16.9. The molecule has 222 valence electrons. The first-order valence-corrected chi connectivity index (χ1v) is 15.8. The number of aromatic nitrogens is 2. The van der Waals surface area contributed by atoms with E-state index in [0.29, 0.717) is 33.0 Å². The number of nitrogens with one attached hydrogen (secondary N) is 1. The van der Waals surface area contributed by atoms with Crippen LogP contribution in [-0.4, -0.2) is 45.5 Å². The van der Waals surface area contributed by atoms with Gasteiger partial charge in [-0.3, -0.25) is 14.3 Å². The predicted molar refractivity (Wildman–Crippen MR) is 176 cm³/mol. The van der Waals surface area contributed by atoms with Crippen LogP contribution in [0.2, 0.25) is 0 Å². The zero-order valence-electron chi connectivity index (χ0n) is 24.1. The zero-order valence-corrected chi connectivity index (χ0v) is 26.3. The average molecular weight is 691 g/mol. The van der Waals surface area contributed by atoms with E-state index in [4.69, 9.17) is 4.74 Å². The summed E-state index contributed by atoms with van der Waals surface area (Å²) in [7, 11) is 0. The van der Waals surface area contributed by atoms with Crippen LogP contribution in [0.5, 0.6) is 0 Å². The number of halogens is 1. The molecule has 43 heavy (non-hydrogen) atoms. The van der Waals surface area contributed by atoms with Crippen LogP contribution in [0, 0.1) is 3.57 Å². The lowest BCUT2D eigenvalue weighted by molar-refractivity contribution is 0.0349. The van der Waals surface area contributed by atoms with Gasteiger partial charge in [-0.1, -0.05) is 55.5 Å². The monoisotopic (exact) mass is 690 g/mol. The van der Waals surface area contributed by atoms with Crippen LogP contribution in [0.4, 0.5) is 5.82 Å². The van der Waals surface area contributed by atoms with E-state index in [2.05, 4.69) is 56.8 Å². The number of amides is 1.